The molecule has 0 unspecified atom stereocenters. The maximum absolute atomic E-state index is 8.81. The molecule has 0 amide bonds. The van der Waals surface area contributed by atoms with Crippen molar-refractivity contribution in [2.45, 2.75) is 25.8 Å². The minimum Gasteiger partial charge on any atom is -0.366 e. The summed E-state index contributed by atoms with van der Waals surface area (Å²) in [5.74, 6) is 0.741. The van der Waals surface area contributed by atoms with Gasteiger partial charge in [-0.1, -0.05) is 0 Å². The van der Waals surface area contributed by atoms with Crippen molar-refractivity contribution in [1.29, 1.82) is 5.26 Å². The van der Waals surface area contributed by atoms with Crippen LogP contribution in [0.1, 0.15) is 24.1 Å². The lowest BCUT2D eigenvalue weighted by Crippen LogP contribution is -2.05. The molecule has 0 aliphatic heterocycles. The molecular formula is C10H11N3. The highest BCUT2D eigenvalue weighted by molar-refractivity contribution is 5.53. The van der Waals surface area contributed by atoms with E-state index in [9.17, 15) is 0 Å². The lowest BCUT2D eigenvalue weighted by Gasteiger charge is -2.05. The molecule has 66 valence electrons. The number of aromatic nitrogens is 1. The fourth-order valence-electron chi connectivity index (χ4n) is 1.18. The molecule has 1 heterocycles. The molecule has 1 aromatic rings. The van der Waals surface area contributed by atoms with Gasteiger partial charge in [-0.05, 0) is 31.9 Å². The first kappa shape index (κ1) is 8.06. The molecule has 0 saturated heterocycles. The summed E-state index contributed by atoms with van der Waals surface area (Å²) in [5, 5.41) is 12.1. The van der Waals surface area contributed by atoms with Gasteiger partial charge in [-0.15, -0.1) is 0 Å². The van der Waals surface area contributed by atoms with E-state index in [0.29, 0.717) is 11.6 Å². The number of rotatable bonds is 2. The Balaban J connectivity index is 2.29. The molecule has 13 heavy (non-hydrogen) atoms. The van der Waals surface area contributed by atoms with Crippen LogP contribution in [-0.2, 0) is 0 Å². The minimum absolute atomic E-state index is 0.543. The average Bonchev–Trinajstić information content (AvgIpc) is 2.89. The molecule has 0 bridgehead atoms. The number of hydrogen-bond acceptors (Lipinski definition) is 3. The first-order valence-electron chi connectivity index (χ1n) is 4.44. The predicted octanol–water partition coefficient (Wildman–Crippen LogP) is 1.84. The molecule has 1 fully saturated rings. The van der Waals surface area contributed by atoms with E-state index >= 15 is 0 Å². The topological polar surface area (TPSA) is 48.7 Å². The van der Waals surface area contributed by atoms with E-state index in [4.69, 9.17) is 5.26 Å². The summed E-state index contributed by atoms with van der Waals surface area (Å²) in [5.41, 5.74) is 1.58. The zero-order valence-corrected chi connectivity index (χ0v) is 7.54. The van der Waals surface area contributed by atoms with Gasteiger partial charge in [0.15, 0.2) is 0 Å². The average molecular weight is 173 g/mol. The Kier molecular flexibility index (Phi) is 1.90. The summed E-state index contributed by atoms with van der Waals surface area (Å²) in [6, 6.07) is 6.34. The van der Waals surface area contributed by atoms with E-state index < -0.39 is 0 Å². The fraction of sp³-hybridized carbons (Fsp3) is 0.400. The number of nitrogens with zero attached hydrogens (tertiary/aromatic N) is 2. The molecule has 1 aliphatic carbocycles. The Morgan fingerprint density at radius 2 is 2.31 bits per heavy atom. The summed E-state index contributed by atoms with van der Waals surface area (Å²) >= 11 is 0. The number of hydrogen-bond donors (Lipinski definition) is 1. The van der Waals surface area contributed by atoms with Crippen molar-refractivity contribution in [2.24, 2.45) is 0 Å². The Hall–Kier alpha value is -1.56. The number of pyridine rings is 1. The highest BCUT2D eigenvalue weighted by Crippen LogP contribution is 2.25. The molecule has 0 atom stereocenters. The Morgan fingerprint density at radius 1 is 1.54 bits per heavy atom. The third kappa shape index (κ3) is 1.78. The number of aryl methyl sites for hydroxylation is 1. The second-order valence-corrected chi connectivity index (χ2v) is 3.38. The summed E-state index contributed by atoms with van der Waals surface area (Å²) in [6.45, 7) is 1.93. The summed E-state index contributed by atoms with van der Waals surface area (Å²) in [6.07, 6.45) is 2.39. The fourth-order valence-corrected chi connectivity index (χ4v) is 1.18. The highest BCUT2D eigenvalue weighted by Gasteiger charge is 2.22. The number of nitriles is 1. The lowest BCUT2D eigenvalue weighted by molar-refractivity contribution is 1.08. The molecule has 0 radical (unpaired) electrons. The second kappa shape index (κ2) is 3.06. The lowest BCUT2D eigenvalue weighted by atomic mass is 10.2. The van der Waals surface area contributed by atoms with Crippen LogP contribution in [0.4, 0.5) is 5.82 Å². The molecule has 1 N–H and O–H groups in total. The van der Waals surface area contributed by atoms with Crippen LogP contribution in [-0.4, -0.2) is 11.0 Å². The van der Waals surface area contributed by atoms with Crippen LogP contribution in [0.3, 0.4) is 0 Å². The van der Waals surface area contributed by atoms with E-state index in [1.165, 1.54) is 12.8 Å². The quantitative estimate of drug-likeness (QED) is 0.742. The van der Waals surface area contributed by atoms with Crippen molar-refractivity contribution in [2.75, 3.05) is 5.32 Å². The van der Waals surface area contributed by atoms with Gasteiger partial charge in [0.05, 0.1) is 5.56 Å². The SMILES string of the molecule is Cc1ccc(C#N)c(NC2CC2)n1. The largest absolute Gasteiger partial charge is 0.366 e. The van der Waals surface area contributed by atoms with Crippen LogP contribution >= 0.6 is 0 Å². The molecule has 3 heteroatoms. The highest BCUT2D eigenvalue weighted by atomic mass is 15.0. The van der Waals surface area contributed by atoms with Gasteiger partial charge in [0.1, 0.15) is 11.9 Å². The van der Waals surface area contributed by atoms with Crippen LogP contribution in [0.2, 0.25) is 0 Å². The predicted molar refractivity (Wildman–Crippen MR) is 50.3 cm³/mol. The van der Waals surface area contributed by atoms with Gasteiger partial charge in [-0.2, -0.15) is 5.26 Å². The van der Waals surface area contributed by atoms with Gasteiger partial charge in [-0.25, -0.2) is 4.98 Å². The molecule has 1 aromatic heterocycles. The van der Waals surface area contributed by atoms with E-state index in [1.54, 1.807) is 0 Å². The van der Waals surface area contributed by atoms with Gasteiger partial charge in [-0.3, -0.25) is 0 Å². The Labute approximate surface area is 77.4 Å². The minimum atomic E-state index is 0.543. The summed E-state index contributed by atoms with van der Waals surface area (Å²) in [4.78, 5) is 4.29. The zero-order valence-electron chi connectivity index (χ0n) is 7.54. The van der Waals surface area contributed by atoms with Gasteiger partial charge in [0.25, 0.3) is 0 Å². The van der Waals surface area contributed by atoms with Crippen molar-refractivity contribution in [3.63, 3.8) is 0 Å². The molecule has 2 rings (SSSR count). The van der Waals surface area contributed by atoms with E-state index in [-0.39, 0.29) is 0 Å². The molecule has 3 nitrogen and oxygen atoms in total. The van der Waals surface area contributed by atoms with Gasteiger partial charge >= 0.3 is 0 Å². The molecule has 1 saturated carbocycles. The summed E-state index contributed by atoms with van der Waals surface area (Å²) < 4.78 is 0. The summed E-state index contributed by atoms with van der Waals surface area (Å²) in [7, 11) is 0. The second-order valence-electron chi connectivity index (χ2n) is 3.38. The van der Waals surface area contributed by atoms with Gasteiger partial charge < -0.3 is 5.32 Å². The first-order chi connectivity index (χ1) is 6.29. The maximum atomic E-state index is 8.81. The maximum Gasteiger partial charge on any atom is 0.144 e. The monoisotopic (exact) mass is 173 g/mol. The number of nitrogens with one attached hydrogen (secondary N) is 1. The normalized spacial score (nSPS) is 15.1. The van der Waals surface area contributed by atoms with Crippen molar-refractivity contribution in [1.82, 2.24) is 4.98 Å². The molecule has 0 spiro atoms. The number of anilines is 1. The van der Waals surface area contributed by atoms with Crippen molar-refractivity contribution < 1.29 is 0 Å². The van der Waals surface area contributed by atoms with Crippen LogP contribution < -0.4 is 5.32 Å². The van der Waals surface area contributed by atoms with E-state index in [0.717, 1.165) is 11.5 Å². The van der Waals surface area contributed by atoms with Gasteiger partial charge in [0.2, 0.25) is 0 Å². The van der Waals surface area contributed by atoms with Crippen molar-refractivity contribution in [3.8, 4) is 6.07 Å². The Bertz CT molecular complexity index is 361. The zero-order chi connectivity index (χ0) is 9.26. The van der Waals surface area contributed by atoms with E-state index in [1.807, 2.05) is 19.1 Å². The van der Waals surface area contributed by atoms with E-state index in [2.05, 4.69) is 16.4 Å². The van der Waals surface area contributed by atoms with Crippen LogP contribution in [0.5, 0.6) is 0 Å². The first-order valence-corrected chi connectivity index (χ1v) is 4.44. The molecular weight excluding hydrogens is 162 g/mol. The van der Waals surface area contributed by atoms with Crippen molar-refractivity contribution >= 4 is 5.82 Å². The van der Waals surface area contributed by atoms with Crippen molar-refractivity contribution in [3.05, 3.63) is 23.4 Å². The van der Waals surface area contributed by atoms with Crippen LogP contribution in [0.25, 0.3) is 0 Å². The molecule has 1 aliphatic rings. The third-order valence-corrected chi connectivity index (χ3v) is 2.07. The van der Waals surface area contributed by atoms with Gasteiger partial charge in [0, 0.05) is 11.7 Å². The standard InChI is InChI=1S/C10H11N3/c1-7-2-3-8(6-11)10(12-7)13-9-4-5-9/h2-3,9H,4-5H2,1H3,(H,12,13). The van der Waals surface area contributed by atoms with Crippen LogP contribution in [0.15, 0.2) is 12.1 Å². The smallest absolute Gasteiger partial charge is 0.144 e. The molecule has 0 aromatic carbocycles. The van der Waals surface area contributed by atoms with Crippen LogP contribution in [0, 0.1) is 18.3 Å². The Morgan fingerprint density at radius 3 is 2.92 bits per heavy atom. The third-order valence-electron chi connectivity index (χ3n) is 2.07.